The van der Waals surface area contributed by atoms with Crippen molar-refractivity contribution in [3.05, 3.63) is 11.8 Å². The number of esters is 1. The molecule has 0 fully saturated rings. The number of guanidine groups is 1. The van der Waals surface area contributed by atoms with Crippen molar-refractivity contribution in [2.75, 3.05) is 6.54 Å². The summed E-state index contributed by atoms with van der Waals surface area (Å²) in [5, 5.41) is 0. The largest absolute Gasteiger partial charge is 0.459 e. The van der Waals surface area contributed by atoms with E-state index < -0.39 is 5.97 Å². The van der Waals surface area contributed by atoms with Gasteiger partial charge in [-0.1, -0.05) is 0 Å². The Labute approximate surface area is 92.3 Å². The van der Waals surface area contributed by atoms with Gasteiger partial charge in [-0.05, 0) is 13.8 Å². The summed E-state index contributed by atoms with van der Waals surface area (Å²) in [6.45, 7) is 3.67. The Kier molecular flexibility index (Phi) is 2.55. The quantitative estimate of drug-likeness (QED) is 0.620. The molecule has 16 heavy (non-hydrogen) atoms. The summed E-state index contributed by atoms with van der Waals surface area (Å²) in [4.78, 5) is 31.7. The van der Waals surface area contributed by atoms with E-state index in [1.165, 1.54) is 17.3 Å². The van der Waals surface area contributed by atoms with Crippen molar-refractivity contribution in [3.63, 3.8) is 0 Å². The number of hydrogen-bond acceptors (Lipinski definition) is 5. The zero-order valence-corrected chi connectivity index (χ0v) is 9.01. The van der Waals surface area contributed by atoms with Gasteiger partial charge < -0.3 is 9.64 Å². The minimum atomic E-state index is -0.447. The lowest BCUT2D eigenvalue weighted by Crippen LogP contribution is -2.27. The molecule has 0 spiro atoms. The van der Waals surface area contributed by atoms with Crippen LogP contribution >= 0.6 is 0 Å². The van der Waals surface area contributed by atoms with Gasteiger partial charge in [0.1, 0.15) is 6.54 Å². The highest BCUT2D eigenvalue weighted by atomic mass is 16.5. The second-order valence-corrected chi connectivity index (χ2v) is 3.73. The van der Waals surface area contributed by atoms with Gasteiger partial charge in [0.05, 0.1) is 11.7 Å². The summed E-state index contributed by atoms with van der Waals surface area (Å²) in [5.74, 6) is -0.384. The maximum absolute atomic E-state index is 11.5. The van der Waals surface area contributed by atoms with E-state index in [0.717, 1.165) is 0 Å². The number of carbonyl (C=O) groups is 2. The highest BCUT2D eigenvalue weighted by Crippen LogP contribution is 2.12. The fourth-order valence-electron chi connectivity index (χ4n) is 1.35. The lowest BCUT2D eigenvalue weighted by atomic mass is 10.3. The van der Waals surface area contributed by atoms with E-state index in [2.05, 4.69) is 9.98 Å². The maximum Gasteiger partial charge on any atom is 0.341 e. The van der Waals surface area contributed by atoms with Crippen molar-refractivity contribution in [1.82, 2.24) is 4.90 Å². The second-order valence-electron chi connectivity index (χ2n) is 3.73. The van der Waals surface area contributed by atoms with Gasteiger partial charge in [0.25, 0.3) is 5.91 Å². The van der Waals surface area contributed by atoms with Crippen LogP contribution in [0.4, 0.5) is 0 Å². The van der Waals surface area contributed by atoms with Gasteiger partial charge in [0, 0.05) is 12.4 Å². The molecule has 2 heterocycles. The number of hydrogen-bond donors (Lipinski definition) is 0. The predicted octanol–water partition coefficient (Wildman–Crippen LogP) is 0.105. The van der Waals surface area contributed by atoms with Crippen molar-refractivity contribution < 1.29 is 14.3 Å². The molecule has 2 aliphatic heterocycles. The van der Waals surface area contributed by atoms with E-state index in [-0.39, 0.29) is 18.6 Å². The number of ether oxygens (including phenoxy) is 1. The van der Waals surface area contributed by atoms with Gasteiger partial charge in [0.15, 0.2) is 0 Å². The molecule has 0 radical (unpaired) electrons. The van der Waals surface area contributed by atoms with Gasteiger partial charge in [-0.3, -0.25) is 4.79 Å². The summed E-state index contributed by atoms with van der Waals surface area (Å²) >= 11 is 0. The average molecular weight is 221 g/mol. The van der Waals surface area contributed by atoms with Crippen LogP contribution in [0.1, 0.15) is 13.8 Å². The number of carbonyl (C=O) groups excluding carboxylic acids is 2. The molecule has 0 aromatic rings. The Balaban J connectivity index is 2.13. The molecule has 6 heteroatoms. The standard InChI is InChI=1S/C10H11N3O3/c1-6(2)16-9(15)7-3-11-10-12-8(14)5-13(10)4-7/h3-4,6H,5H2,1-2H3. The minimum absolute atomic E-state index is 0.130. The minimum Gasteiger partial charge on any atom is -0.459 e. The van der Waals surface area contributed by atoms with Crippen molar-refractivity contribution in [2.24, 2.45) is 9.98 Å². The van der Waals surface area contributed by atoms with Gasteiger partial charge >= 0.3 is 5.97 Å². The molecule has 1 amide bonds. The third-order valence-corrected chi connectivity index (χ3v) is 1.98. The molecule has 0 saturated carbocycles. The Hall–Kier alpha value is -1.98. The molecule has 0 N–H and O–H groups in total. The zero-order chi connectivity index (χ0) is 11.7. The number of nitrogens with zero attached hydrogens (tertiary/aromatic N) is 3. The summed E-state index contributed by atoms with van der Waals surface area (Å²) in [6, 6.07) is 0. The van der Waals surface area contributed by atoms with Crippen LogP contribution < -0.4 is 0 Å². The molecular formula is C10H11N3O3. The van der Waals surface area contributed by atoms with Crippen LogP contribution in [0.5, 0.6) is 0 Å². The van der Waals surface area contributed by atoms with Gasteiger partial charge in [-0.2, -0.15) is 4.99 Å². The van der Waals surface area contributed by atoms with Gasteiger partial charge in [-0.25, -0.2) is 9.79 Å². The highest BCUT2D eigenvalue weighted by Gasteiger charge is 2.26. The van der Waals surface area contributed by atoms with E-state index in [1.54, 1.807) is 13.8 Å². The first-order valence-corrected chi connectivity index (χ1v) is 4.91. The fourth-order valence-corrected chi connectivity index (χ4v) is 1.35. The summed E-state index contributed by atoms with van der Waals surface area (Å²) in [7, 11) is 0. The summed E-state index contributed by atoms with van der Waals surface area (Å²) in [5.41, 5.74) is 0.322. The van der Waals surface area contributed by atoms with Gasteiger partial charge in [0.2, 0.25) is 5.96 Å². The topological polar surface area (TPSA) is 71.3 Å². The summed E-state index contributed by atoms with van der Waals surface area (Å²) < 4.78 is 5.02. The lowest BCUT2D eigenvalue weighted by molar-refractivity contribution is -0.142. The van der Waals surface area contributed by atoms with Crippen LogP contribution in [-0.2, 0) is 14.3 Å². The molecule has 0 aromatic carbocycles. The first kappa shape index (κ1) is 10.5. The number of rotatable bonds is 2. The molecule has 0 bridgehead atoms. The Bertz CT molecular complexity index is 435. The first-order chi connectivity index (χ1) is 7.56. The molecule has 0 unspecified atom stereocenters. The molecule has 0 saturated heterocycles. The van der Waals surface area contributed by atoms with E-state index in [4.69, 9.17) is 4.74 Å². The van der Waals surface area contributed by atoms with Crippen molar-refractivity contribution >= 4 is 24.1 Å². The van der Waals surface area contributed by atoms with Crippen LogP contribution in [0.3, 0.4) is 0 Å². The highest BCUT2D eigenvalue weighted by molar-refractivity contribution is 6.16. The second kappa shape index (κ2) is 3.88. The molecule has 2 rings (SSSR count). The molecule has 2 aliphatic rings. The van der Waals surface area contributed by atoms with E-state index in [9.17, 15) is 9.59 Å². The molecule has 0 aromatic heterocycles. The smallest absolute Gasteiger partial charge is 0.341 e. The first-order valence-electron chi connectivity index (χ1n) is 4.91. The Morgan fingerprint density at radius 2 is 2.31 bits per heavy atom. The molecule has 84 valence electrons. The Morgan fingerprint density at radius 1 is 1.56 bits per heavy atom. The van der Waals surface area contributed by atoms with E-state index in [0.29, 0.717) is 11.5 Å². The number of aliphatic imine (C=N–C) groups is 2. The van der Waals surface area contributed by atoms with Gasteiger partial charge in [-0.15, -0.1) is 0 Å². The van der Waals surface area contributed by atoms with Crippen LogP contribution in [0.2, 0.25) is 0 Å². The maximum atomic E-state index is 11.5. The van der Waals surface area contributed by atoms with Crippen molar-refractivity contribution in [3.8, 4) is 0 Å². The lowest BCUT2D eigenvalue weighted by Gasteiger charge is -2.16. The van der Waals surface area contributed by atoms with Crippen molar-refractivity contribution in [1.29, 1.82) is 0 Å². The average Bonchev–Trinajstić information content (AvgIpc) is 2.55. The predicted molar refractivity (Wildman–Crippen MR) is 57.0 cm³/mol. The third kappa shape index (κ3) is 2.00. The fraction of sp³-hybridized carbons (Fsp3) is 0.400. The van der Waals surface area contributed by atoms with Crippen LogP contribution in [0, 0.1) is 0 Å². The molecule has 0 atom stereocenters. The molecule has 0 aliphatic carbocycles. The number of fused-ring (bicyclic) bond motifs is 1. The SMILES string of the molecule is CC(C)OC(=O)C1=CN2CC(=O)N=C2N=C1. The number of amides is 1. The monoisotopic (exact) mass is 221 g/mol. The van der Waals surface area contributed by atoms with Crippen LogP contribution in [0.15, 0.2) is 21.8 Å². The van der Waals surface area contributed by atoms with E-state index in [1.807, 2.05) is 0 Å². The molecular weight excluding hydrogens is 210 g/mol. The zero-order valence-electron chi connectivity index (χ0n) is 9.01. The summed E-state index contributed by atoms with van der Waals surface area (Å²) in [6.07, 6.45) is 2.71. The third-order valence-electron chi connectivity index (χ3n) is 1.98. The Morgan fingerprint density at radius 3 is 3.00 bits per heavy atom. The molecule has 6 nitrogen and oxygen atoms in total. The van der Waals surface area contributed by atoms with Crippen LogP contribution in [-0.4, -0.2) is 41.6 Å². The van der Waals surface area contributed by atoms with E-state index >= 15 is 0 Å². The normalized spacial score (nSPS) is 18.4. The van der Waals surface area contributed by atoms with Crippen LogP contribution in [0.25, 0.3) is 0 Å². The van der Waals surface area contributed by atoms with Crippen molar-refractivity contribution in [2.45, 2.75) is 20.0 Å².